The summed E-state index contributed by atoms with van der Waals surface area (Å²) in [4.78, 5) is 4.60. The Kier molecular flexibility index (Phi) is 5.61. The maximum absolute atomic E-state index is 10.7. The van der Waals surface area contributed by atoms with Gasteiger partial charge in [0.05, 0.1) is 6.54 Å². The maximum atomic E-state index is 10.7. The predicted molar refractivity (Wildman–Crippen MR) is 98.8 cm³/mol. The van der Waals surface area contributed by atoms with E-state index in [1.165, 1.54) is 6.42 Å². The third-order valence-corrected chi connectivity index (χ3v) is 4.53. The van der Waals surface area contributed by atoms with Gasteiger partial charge in [0.25, 0.3) is 0 Å². The van der Waals surface area contributed by atoms with Gasteiger partial charge in [0.1, 0.15) is 29.5 Å². The fraction of sp³-hybridized carbons (Fsp3) is 0.611. The average Bonchev–Trinajstić information content (AvgIpc) is 3.24. The van der Waals surface area contributed by atoms with E-state index in [1.54, 1.807) is 13.0 Å². The lowest BCUT2D eigenvalue weighted by Crippen LogP contribution is -2.44. The largest absolute Gasteiger partial charge is 0.463 e. The molecule has 3 rings (SSSR count). The number of aromatic nitrogens is 3. The van der Waals surface area contributed by atoms with Gasteiger partial charge in [-0.25, -0.2) is 4.99 Å². The molecule has 0 saturated heterocycles. The SMILES string of the molecule is CCNC(=NCc1nnc2n1CCCC2)NCC(C)(O)c1ccc(C)o1. The number of guanidine groups is 1. The van der Waals surface area contributed by atoms with Crippen LogP contribution < -0.4 is 10.6 Å². The lowest BCUT2D eigenvalue weighted by molar-refractivity contribution is 0.0378. The van der Waals surface area contributed by atoms with E-state index in [0.29, 0.717) is 18.3 Å². The highest BCUT2D eigenvalue weighted by Crippen LogP contribution is 2.22. The van der Waals surface area contributed by atoms with Crippen LogP contribution >= 0.6 is 0 Å². The number of hydrogen-bond donors (Lipinski definition) is 3. The molecule has 26 heavy (non-hydrogen) atoms. The highest BCUT2D eigenvalue weighted by atomic mass is 16.4. The summed E-state index contributed by atoms with van der Waals surface area (Å²) in [6, 6.07) is 3.64. The van der Waals surface area contributed by atoms with E-state index in [9.17, 15) is 5.11 Å². The molecule has 0 bridgehead atoms. The van der Waals surface area contributed by atoms with Crippen LogP contribution in [0.4, 0.5) is 0 Å². The summed E-state index contributed by atoms with van der Waals surface area (Å²) in [5.41, 5.74) is -1.13. The first-order chi connectivity index (χ1) is 12.5. The summed E-state index contributed by atoms with van der Waals surface area (Å²) in [7, 11) is 0. The molecule has 8 heteroatoms. The van der Waals surface area contributed by atoms with Crippen LogP contribution in [0.15, 0.2) is 21.5 Å². The van der Waals surface area contributed by atoms with Gasteiger partial charge >= 0.3 is 0 Å². The van der Waals surface area contributed by atoms with Crippen LogP contribution in [0, 0.1) is 6.92 Å². The molecule has 1 atom stereocenters. The molecule has 0 saturated carbocycles. The van der Waals surface area contributed by atoms with Crippen molar-refractivity contribution in [3.05, 3.63) is 35.3 Å². The van der Waals surface area contributed by atoms with Crippen LogP contribution in [0.1, 0.15) is 49.9 Å². The van der Waals surface area contributed by atoms with Crippen LogP contribution in [-0.2, 0) is 25.1 Å². The molecule has 0 radical (unpaired) electrons. The number of nitrogens with zero attached hydrogens (tertiary/aromatic N) is 4. The predicted octanol–water partition coefficient (Wildman–Crippen LogP) is 1.48. The standard InChI is InChI=1S/C18H28N6O2/c1-4-19-17(21-12-18(3,25)14-9-8-13(2)26-14)20-11-16-23-22-15-7-5-6-10-24(15)16/h8-9,25H,4-7,10-12H2,1-3H3,(H2,19,20,21). The van der Waals surface area contributed by atoms with Crippen molar-refractivity contribution in [1.29, 1.82) is 0 Å². The molecule has 2 aromatic heterocycles. The zero-order chi connectivity index (χ0) is 18.6. The van der Waals surface area contributed by atoms with E-state index in [-0.39, 0.29) is 6.54 Å². The summed E-state index contributed by atoms with van der Waals surface area (Å²) in [5.74, 6) is 3.87. The highest BCUT2D eigenvalue weighted by molar-refractivity contribution is 5.79. The third kappa shape index (κ3) is 4.24. The second kappa shape index (κ2) is 7.90. The van der Waals surface area contributed by atoms with E-state index in [1.807, 2.05) is 19.9 Å². The summed E-state index contributed by atoms with van der Waals surface area (Å²) >= 11 is 0. The fourth-order valence-corrected chi connectivity index (χ4v) is 3.04. The molecule has 0 aromatic carbocycles. The van der Waals surface area contributed by atoms with Crippen LogP contribution in [0.5, 0.6) is 0 Å². The Morgan fingerprint density at radius 3 is 2.92 bits per heavy atom. The number of nitrogens with one attached hydrogen (secondary N) is 2. The van der Waals surface area contributed by atoms with Crippen LogP contribution in [-0.4, -0.2) is 38.9 Å². The number of aliphatic hydroxyl groups is 1. The molecule has 3 heterocycles. The van der Waals surface area contributed by atoms with Crippen molar-refractivity contribution in [1.82, 2.24) is 25.4 Å². The Morgan fingerprint density at radius 2 is 2.19 bits per heavy atom. The molecule has 2 aromatic rings. The highest BCUT2D eigenvalue weighted by Gasteiger charge is 2.27. The summed E-state index contributed by atoms with van der Waals surface area (Å²) < 4.78 is 7.71. The van der Waals surface area contributed by atoms with Crippen LogP contribution in [0.2, 0.25) is 0 Å². The minimum atomic E-state index is -1.13. The van der Waals surface area contributed by atoms with Crippen LogP contribution in [0.25, 0.3) is 0 Å². The zero-order valence-electron chi connectivity index (χ0n) is 15.7. The van der Waals surface area contributed by atoms with Gasteiger partial charge in [0, 0.05) is 19.5 Å². The first kappa shape index (κ1) is 18.4. The van der Waals surface area contributed by atoms with Gasteiger partial charge in [-0.05, 0) is 45.7 Å². The van der Waals surface area contributed by atoms with Crippen molar-refractivity contribution in [3.63, 3.8) is 0 Å². The van der Waals surface area contributed by atoms with Gasteiger partial charge in [-0.15, -0.1) is 10.2 Å². The van der Waals surface area contributed by atoms with E-state index in [4.69, 9.17) is 4.42 Å². The minimum Gasteiger partial charge on any atom is -0.463 e. The number of hydrogen-bond acceptors (Lipinski definition) is 5. The quantitative estimate of drug-likeness (QED) is 0.533. The lowest BCUT2D eigenvalue weighted by Gasteiger charge is -2.23. The third-order valence-electron chi connectivity index (χ3n) is 4.53. The van der Waals surface area contributed by atoms with Crippen molar-refractivity contribution >= 4 is 5.96 Å². The molecular weight excluding hydrogens is 332 g/mol. The van der Waals surface area contributed by atoms with E-state index in [2.05, 4.69) is 30.4 Å². The molecule has 1 aliphatic heterocycles. The molecule has 0 amide bonds. The zero-order valence-corrected chi connectivity index (χ0v) is 15.7. The van der Waals surface area contributed by atoms with E-state index < -0.39 is 5.60 Å². The number of rotatable bonds is 6. The maximum Gasteiger partial charge on any atom is 0.191 e. The molecule has 3 N–H and O–H groups in total. The number of fused-ring (bicyclic) bond motifs is 1. The lowest BCUT2D eigenvalue weighted by atomic mass is 10.0. The second-order valence-corrected chi connectivity index (χ2v) is 6.87. The summed E-state index contributed by atoms with van der Waals surface area (Å²) in [5, 5.41) is 25.6. The molecule has 0 spiro atoms. The molecule has 1 aliphatic rings. The Morgan fingerprint density at radius 1 is 1.35 bits per heavy atom. The Hall–Kier alpha value is -2.35. The van der Waals surface area contributed by atoms with Gasteiger partial charge in [-0.1, -0.05) is 0 Å². The molecule has 0 fully saturated rings. The van der Waals surface area contributed by atoms with Crippen molar-refractivity contribution in [3.8, 4) is 0 Å². The smallest absolute Gasteiger partial charge is 0.191 e. The minimum absolute atomic E-state index is 0.281. The van der Waals surface area contributed by atoms with Crippen molar-refractivity contribution < 1.29 is 9.52 Å². The number of furan rings is 1. The van der Waals surface area contributed by atoms with Gasteiger partial charge in [-0.2, -0.15) is 0 Å². The number of aliphatic imine (C=N–C) groups is 1. The summed E-state index contributed by atoms with van der Waals surface area (Å²) in [6.45, 7) is 8.00. The topological polar surface area (TPSA) is 100 Å². The van der Waals surface area contributed by atoms with Crippen molar-refractivity contribution in [2.45, 2.75) is 58.7 Å². The molecule has 1 unspecified atom stereocenters. The first-order valence-corrected chi connectivity index (χ1v) is 9.22. The Balaban J connectivity index is 1.65. The van der Waals surface area contributed by atoms with E-state index >= 15 is 0 Å². The van der Waals surface area contributed by atoms with Gasteiger partial charge in [-0.3, -0.25) is 0 Å². The first-order valence-electron chi connectivity index (χ1n) is 9.22. The summed E-state index contributed by atoms with van der Waals surface area (Å²) in [6.07, 6.45) is 3.32. The molecular formula is C18H28N6O2. The van der Waals surface area contributed by atoms with Crippen molar-refractivity contribution in [2.75, 3.05) is 13.1 Å². The Labute approximate surface area is 153 Å². The molecule has 142 valence electrons. The van der Waals surface area contributed by atoms with Crippen molar-refractivity contribution in [2.24, 2.45) is 4.99 Å². The monoisotopic (exact) mass is 360 g/mol. The van der Waals surface area contributed by atoms with E-state index in [0.717, 1.165) is 43.3 Å². The molecule has 8 nitrogen and oxygen atoms in total. The van der Waals surface area contributed by atoms with Crippen LogP contribution in [0.3, 0.4) is 0 Å². The Bertz CT molecular complexity index is 762. The fourth-order valence-electron chi connectivity index (χ4n) is 3.04. The normalized spacial score (nSPS) is 16.8. The van der Waals surface area contributed by atoms with Gasteiger partial charge < -0.3 is 24.7 Å². The second-order valence-electron chi connectivity index (χ2n) is 6.87. The average molecular weight is 360 g/mol. The molecule has 0 aliphatic carbocycles. The van der Waals surface area contributed by atoms with Gasteiger partial charge in [0.2, 0.25) is 0 Å². The van der Waals surface area contributed by atoms with Gasteiger partial charge in [0.15, 0.2) is 11.8 Å². The number of aryl methyl sites for hydroxylation is 2.